The van der Waals surface area contributed by atoms with E-state index in [0.29, 0.717) is 0 Å². The van der Waals surface area contributed by atoms with E-state index in [4.69, 9.17) is 5.26 Å². The summed E-state index contributed by atoms with van der Waals surface area (Å²) in [5.74, 6) is -0.294. The van der Waals surface area contributed by atoms with Crippen LogP contribution in [0.4, 0.5) is 8.78 Å². The molecule has 0 heterocycles. The average molecular weight is 302 g/mol. The van der Waals surface area contributed by atoms with Gasteiger partial charge < -0.3 is 0 Å². The number of hydrogen-bond acceptors (Lipinski definition) is 2. The number of hydrogen-bond donors (Lipinski definition) is 0. The zero-order valence-corrected chi connectivity index (χ0v) is 10.7. The van der Waals surface area contributed by atoms with Gasteiger partial charge in [0.2, 0.25) is 0 Å². The van der Waals surface area contributed by atoms with Gasteiger partial charge in [-0.1, -0.05) is 34.1 Å². The summed E-state index contributed by atoms with van der Waals surface area (Å²) in [6.07, 6.45) is -2.88. The Morgan fingerprint density at radius 3 is 2.65 bits per heavy atom. The number of nitriles is 1. The minimum atomic E-state index is -2.68. The second-order valence-corrected chi connectivity index (χ2v) is 4.86. The molecule has 0 N–H and O–H groups in total. The minimum absolute atomic E-state index is 0.126. The number of benzene rings is 1. The molecular formula is C12H10BrF2NO. The average Bonchev–Trinajstić information content (AvgIpc) is 2.28. The van der Waals surface area contributed by atoms with Crippen molar-refractivity contribution in [1.82, 2.24) is 0 Å². The molecule has 2 nitrogen and oxygen atoms in total. The fourth-order valence-electron chi connectivity index (χ4n) is 1.53. The summed E-state index contributed by atoms with van der Waals surface area (Å²) in [6.45, 7) is 1.62. The highest BCUT2D eigenvalue weighted by Gasteiger charge is 2.21. The van der Waals surface area contributed by atoms with Gasteiger partial charge in [-0.15, -0.1) is 0 Å². The van der Waals surface area contributed by atoms with Crippen molar-refractivity contribution in [3.63, 3.8) is 0 Å². The van der Waals surface area contributed by atoms with E-state index in [1.165, 1.54) is 18.2 Å². The SMILES string of the molecule is CC(Br)C(=O)c1cccc(C(F)F)c1CC#N. The largest absolute Gasteiger partial charge is 0.293 e. The molecule has 1 unspecified atom stereocenters. The Kier molecular flexibility index (Phi) is 4.76. The van der Waals surface area contributed by atoms with Crippen LogP contribution >= 0.6 is 15.9 Å². The van der Waals surface area contributed by atoms with Crippen molar-refractivity contribution >= 4 is 21.7 Å². The molecule has 1 aromatic rings. The van der Waals surface area contributed by atoms with Crippen LogP contribution in [0.3, 0.4) is 0 Å². The molecule has 0 saturated carbocycles. The lowest BCUT2D eigenvalue weighted by Gasteiger charge is -2.12. The van der Waals surface area contributed by atoms with E-state index in [9.17, 15) is 13.6 Å². The molecular weight excluding hydrogens is 292 g/mol. The van der Waals surface area contributed by atoms with Crippen molar-refractivity contribution in [2.45, 2.75) is 24.6 Å². The first-order chi connectivity index (χ1) is 7.99. The quantitative estimate of drug-likeness (QED) is 0.629. The summed E-state index contributed by atoms with van der Waals surface area (Å²) in [5, 5.41) is 8.65. The van der Waals surface area contributed by atoms with Crippen LogP contribution in [0, 0.1) is 11.3 Å². The lowest BCUT2D eigenvalue weighted by atomic mass is 9.95. The topological polar surface area (TPSA) is 40.9 Å². The van der Waals surface area contributed by atoms with E-state index >= 15 is 0 Å². The maximum atomic E-state index is 12.8. The zero-order chi connectivity index (χ0) is 13.0. The Bertz CT molecular complexity index is 466. The van der Waals surface area contributed by atoms with E-state index < -0.39 is 11.3 Å². The number of carbonyl (C=O) groups is 1. The van der Waals surface area contributed by atoms with E-state index in [1.807, 2.05) is 6.07 Å². The number of carbonyl (C=O) groups excluding carboxylic acids is 1. The maximum Gasteiger partial charge on any atom is 0.264 e. The van der Waals surface area contributed by atoms with Gasteiger partial charge in [-0.05, 0) is 12.5 Å². The van der Waals surface area contributed by atoms with E-state index in [1.54, 1.807) is 6.92 Å². The Morgan fingerprint density at radius 1 is 1.53 bits per heavy atom. The predicted molar refractivity (Wildman–Crippen MR) is 63.4 cm³/mol. The van der Waals surface area contributed by atoms with Crippen LogP contribution in [0.15, 0.2) is 18.2 Å². The monoisotopic (exact) mass is 301 g/mol. The third-order valence-corrected chi connectivity index (χ3v) is 2.75. The Hall–Kier alpha value is -1.28. The highest BCUT2D eigenvalue weighted by molar-refractivity contribution is 9.10. The highest BCUT2D eigenvalue weighted by Crippen LogP contribution is 2.27. The maximum absolute atomic E-state index is 12.8. The molecule has 1 atom stereocenters. The molecule has 1 aromatic carbocycles. The lowest BCUT2D eigenvalue weighted by Crippen LogP contribution is -2.14. The number of Topliss-reactive ketones (excluding diaryl/α,β-unsaturated/α-hetero) is 1. The van der Waals surface area contributed by atoms with E-state index in [2.05, 4.69) is 15.9 Å². The second kappa shape index (κ2) is 5.87. The number of rotatable bonds is 4. The second-order valence-electron chi connectivity index (χ2n) is 3.49. The molecule has 0 fully saturated rings. The first kappa shape index (κ1) is 13.8. The number of alkyl halides is 3. The molecule has 0 spiro atoms. The van der Waals surface area contributed by atoms with E-state index in [-0.39, 0.29) is 28.9 Å². The molecule has 0 aromatic heterocycles. The van der Waals surface area contributed by atoms with Gasteiger partial charge in [0.05, 0.1) is 17.3 Å². The van der Waals surface area contributed by atoms with Gasteiger partial charge in [0.25, 0.3) is 6.43 Å². The smallest absolute Gasteiger partial charge is 0.264 e. The molecule has 1 rings (SSSR count). The number of halogens is 3. The van der Waals surface area contributed by atoms with Gasteiger partial charge in [-0.25, -0.2) is 8.78 Å². The van der Waals surface area contributed by atoms with Crippen molar-refractivity contribution in [2.24, 2.45) is 0 Å². The first-order valence-corrected chi connectivity index (χ1v) is 5.85. The van der Waals surface area contributed by atoms with Crippen LogP contribution in [0.25, 0.3) is 0 Å². The third kappa shape index (κ3) is 3.10. The van der Waals surface area contributed by atoms with Gasteiger partial charge in [0, 0.05) is 11.1 Å². The predicted octanol–water partition coefficient (Wildman–Crippen LogP) is 3.66. The third-order valence-electron chi connectivity index (χ3n) is 2.33. The van der Waals surface area contributed by atoms with Crippen LogP contribution in [-0.2, 0) is 6.42 Å². The Balaban J connectivity index is 3.35. The fourth-order valence-corrected chi connectivity index (χ4v) is 1.78. The summed E-state index contributed by atoms with van der Waals surface area (Å²) in [7, 11) is 0. The number of nitrogens with zero attached hydrogens (tertiary/aromatic N) is 1. The molecule has 0 radical (unpaired) electrons. The summed E-state index contributed by atoms with van der Waals surface area (Å²) < 4.78 is 25.5. The van der Waals surface area contributed by atoms with E-state index in [0.717, 1.165) is 0 Å². The summed E-state index contributed by atoms with van der Waals surface area (Å²) in [5.41, 5.74) is 0.0700. The summed E-state index contributed by atoms with van der Waals surface area (Å²) in [4.78, 5) is 11.3. The molecule has 0 saturated heterocycles. The van der Waals surface area contributed by atoms with Crippen molar-refractivity contribution in [1.29, 1.82) is 5.26 Å². The first-order valence-electron chi connectivity index (χ1n) is 4.94. The standard InChI is InChI=1S/C12H10BrF2NO/c1-7(13)11(17)9-3-2-4-10(12(14)15)8(9)5-6-16/h2-4,7,12H,5H2,1H3. The van der Waals surface area contributed by atoms with Gasteiger partial charge in [0.1, 0.15) is 0 Å². The molecule has 0 aliphatic carbocycles. The van der Waals surface area contributed by atoms with Crippen LogP contribution in [0.5, 0.6) is 0 Å². The zero-order valence-electron chi connectivity index (χ0n) is 9.08. The van der Waals surface area contributed by atoms with Crippen molar-refractivity contribution in [2.75, 3.05) is 0 Å². The molecule has 0 aliphatic heterocycles. The van der Waals surface area contributed by atoms with Crippen molar-refractivity contribution < 1.29 is 13.6 Å². The molecule has 17 heavy (non-hydrogen) atoms. The van der Waals surface area contributed by atoms with Crippen molar-refractivity contribution in [3.8, 4) is 6.07 Å². The van der Waals surface area contributed by atoms with Crippen LogP contribution in [0.1, 0.15) is 34.8 Å². The fraction of sp³-hybridized carbons (Fsp3) is 0.333. The van der Waals surface area contributed by atoms with Crippen LogP contribution < -0.4 is 0 Å². The van der Waals surface area contributed by atoms with Gasteiger partial charge in [0.15, 0.2) is 5.78 Å². The Morgan fingerprint density at radius 2 is 2.18 bits per heavy atom. The molecule has 0 aliphatic rings. The van der Waals surface area contributed by atoms with Gasteiger partial charge >= 0.3 is 0 Å². The molecule has 5 heteroatoms. The molecule has 0 amide bonds. The summed E-state index contributed by atoms with van der Waals surface area (Å²) >= 11 is 3.10. The van der Waals surface area contributed by atoms with Crippen LogP contribution in [-0.4, -0.2) is 10.6 Å². The highest BCUT2D eigenvalue weighted by atomic mass is 79.9. The summed E-state index contributed by atoms with van der Waals surface area (Å²) in [6, 6.07) is 5.93. The number of ketones is 1. The van der Waals surface area contributed by atoms with Gasteiger partial charge in [-0.3, -0.25) is 4.79 Å². The molecule has 0 bridgehead atoms. The van der Waals surface area contributed by atoms with Crippen molar-refractivity contribution in [3.05, 3.63) is 34.9 Å². The molecule has 90 valence electrons. The minimum Gasteiger partial charge on any atom is -0.293 e. The lowest BCUT2D eigenvalue weighted by molar-refractivity contribution is 0.0994. The van der Waals surface area contributed by atoms with Crippen LogP contribution in [0.2, 0.25) is 0 Å². The van der Waals surface area contributed by atoms with Gasteiger partial charge in [-0.2, -0.15) is 5.26 Å². The Labute approximate surface area is 106 Å². The normalized spacial score (nSPS) is 12.2.